The van der Waals surface area contributed by atoms with Crippen molar-refractivity contribution in [1.82, 2.24) is 5.06 Å². The maximum atomic E-state index is 11.5. The minimum atomic E-state index is -1.03. The van der Waals surface area contributed by atoms with E-state index in [9.17, 15) is 14.4 Å². The number of nitrogens with zero attached hydrogens (tertiary/aromatic N) is 1. The van der Waals surface area contributed by atoms with Crippen molar-refractivity contribution in [3.05, 3.63) is 25.3 Å². The number of methoxy groups -OCH3 is 1. The molecule has 1 unspecified atom stereocenters. The van der Waals surface area contributed by atoms with Gasteiger partial charge >= 0.3 is 11.9 Å². The van der Waals surface area contributed by atoms with Gasteiger partial charge in [0, 0.05) is 6.92 Å². The van der Waals surface area contributed by atoms with E-state index in [1.165, 1.54) is 26.2 Å². The standard InChI is InChI=1S/C12H17NO5/c1-5-7-10(12(16)17-4)13(9(3)14)18-11(15)8-6-2/h5-6,10H,1-2,7-8H2,3-4H3. The van der Waals surface area contributed by atoms with E-state index in [2.05, 4.69) is 17.9 Å². The number of esters is 1. The summed E-state index contributed by atoms with van der Waals surface area (Å²) >= 11 is 0. The second kappa shape index (κ2) is 8.05. The Bertz CT molecular complexity index is 350. The second-order valence-electron chi connectivity index (χ2n) is 3.36. The molecule has 0 fully saturated rings. The first-order chi connectivity index (χ1) is 8.47. The number of hydrogen-bond acceptors (Lipinski definition) is 5. The average Bonchev–Trinajstić information content (AvgIpc) is 2.32. The van der Waals surface area contributed by atoms with Gasteiger partial charge < -0.3 is 9.57 Å². The van der Waals surface area contributed by atoms with Gasteiger partial charge in [0.1, 0.15) is 0 Å². The Labute approximate surface area is 106 Å². The molecule has 0 aliphatic carbocycles. The van der Waals surface area contributed by atoms with Crippen molar-refractivity contribution < 1.29 is 24.0 Å². The van der Waals surface area contributed by atoms with Crippen LogP contribution in [0.4, 0.5) is 0 Å². The fourth-order valence-electron chi connectivity index (χ4n) is 1.19. The molecule has 0 spiro atoms. The van der Waals surface area contributed by atoms with E-state index in [4.69, 9.17) is 4.84 Å². The van der Waals surface area contributed by atoms with Gasteiger partial charge in [0.15, 0.2) is 6.04 Å². The molecule has 6 nitrogen and oxygen atoms in total. The Morgan fingerprint density at radius 3 is 2.28 bits per heavy atom. The number of carbonyl (C=O) groups excluding carboxylic acids is 3. The molecule has 0 saturated heterocycles. The van der Waals surface area contributed by atoms with Crippen LogP contribution in [0.3, 0.4) is 0 Å². The van der Waals surface area contributed by atoms with Crippen molar-refractivity contribution in [3.63, 3.8) is 0 Å². The highest BCUT2D eigenvalue weighted by atomic mass is 16.7. The van der Waals surface area contributed by atoms with Gasteiger partial charge in [0.25, 0.3) is 5.91 Å². The second-order valence-corrected chi connectivity index (χ2v) is 3.36. The van der Waals surface area contributed by atoms with Crippen LogP contribution in [0.25, 0.3) is 0 Å². The third-order valence-corrected chi connectivity index (χ3v) is 1.97. The summed E-state index contributed by atoms with van der Waals surface area (Å²) < 4.78 is 4.55. The van der Waals surface area contributed by atoms with Crippen molar-refractivity contribution >= 4 is 17.8 Å². The van der Waals surface area contributed by atoms with Crippen molar-refractivity contribution in [2.75, 3.05) is 7.11 Å². The van der Waals surface area contributed by atoms with Gasteiger partial charge in [0.05, 0.1) is 13.5 Å². The summed E-state index contributed by atoms with van der Waals surface area (Å²) in [7, 11) is 1.18. The lowest BCUT2D eigenvalue weighted by molar-refractivity contribution is -0.209. The summed E-state index contributed by atoms with van der Waals surface area (Å²) in [5, 5.41) is 0.694. The summed E-state index contributed by atoms with van der Waals surface area (Å²) in [6, 6.07) is -1.03. The largest absolute Gasteiger partial charge is 0.467 e. The minimum absolute atomic E-state index is 0.0637. The summed E-state index contributed by atoms with van der Waals surface area (Å²) in [5.74, 6) is -1.95. The molecule has 100 valence electrons. The van der Waals surface area contributed by atoms with E-state index in [0.717, 1.165) is 0 Å². The predicted molar refractivity (Wildman–Crippen MR) is 64.0 cm³/mol. The third kappa shape index (κ3) is 4.82. The van der Waals surface area contributed by atoms with Gasteiger partial charge in [-0.1, -0.05) is 12.2 Å². The zero-order valence-corrected chi connectivity index (χ0v) is 10.5. The Balaban J connectivity index is 4.96. The topological polar surface area (TPSA) is 72.9 Å². The van der Waals surface area contributed by atoms with Crippen LogP contribution >= 0.6 is 0 Å². The van der Waals surface area contributed by atoms with Crippen LogP contribution in [-0.4, -0.2) is 36.1 Å². The summed E-state index contributed by atoms with van der Waals surface area (Å²) in [4.78, 5) is 39.0. The van der Waals surface area contributed by atoms with E-state index in [-0.39, 0.29) is 12.8 Å². The van der Waals surface area contributed by atoms with Crippen molar-refractivity contribution in [2.45, 2.75) is 25.8 Å². The van der Waals surface area contributed by atoms with Crippen molar-refractivity contribution in [1.29, 1.82) is 0 Å². The van der Waals surface area contributed by atoms with Gasteiger partial charge in [0.2, 0.25) is 0 Å². The normalized spacial score (nSPS) is 11.0. The molecule has 0 aliphatic rings. The van der Waals surface area contributed by atoms with Crippen molar-refractivity contribution in [3.8, 4) is 0 Å². The zero-order valence-electron chi connectivity index (χ0n) is 10.5. The highest BCUT2D eigenvalue weighted by Crippen LogP contribution is 2.10. The quantitative estimate of drug-likeness (QED) is 0.402. The number of amides is 1. The molecule has 0 aromatic carbocycles. The number of rotatable bonds is 6. The number of hydrogen-bond donors (Lipinski definition) is 0. The average molecular weight is 255 g/mol. The Morgan fingerprint density at radius 1 is 1.28 bits per heavy atom. The summed E-state index contributed by atoms with van der Waals surface area (Å²) in [5.41, 5.74) is 0. The van der Waals surface area contributed by atoms with Crippen LogP contribution in [-0.2, 0) is 24.0 Å². The molecule has 0 bridgehead atoms. The minimum Gasteiger partial charge on any atom is -0.467 e. The first-order valence-corrected chi connectivity index (χ1v) is 5.28. The van der Waals surface area contributed by atoms with Crippen LogP contribution in [0.1, 0.15) is 19.8 Å². The van der Waals surface area contributed by atoms with Gasteiger partial charge in [-0.2, -0.15) is 5.06 Å². The molecule has 0 rings (SSSR count). The monoisotopic (exact) mass is 255 g/mol. The summed E-state index contributed by atoms with van der Waals surface area (Å²) in [6.07, 6.45) is 2.82. The number of hydroxylamine groups is 2. The molecule has 0 aliphatic heterocycles. The Kier molecular flexibility index (Phi) is 7.11. The van der Waals surface area contributed by atoms with E-state index < -0.39 is 23.9 Å². The lowest BCUT2D eigenvalue weighted by Gasteiger charge is -2.25. The van der Waals surface area contributed by atoms with Gasteiger partial charge in [-0.3, -0.25) is 4.79 Å². The molecule has 1 atom stereocenters. The summed E-state index contributed by atoms with van der Waals surface area (Å²) in [6.45, 7) is 8.03. The zero-order chi connectivity index (χ0) is 14.1. The van der Waals surface area contributed by atoms with E-state index >= 15 is 0 Å². The SMILES string of the molecule is C=CCC(=O)ON(C(C)=O)C(CC=C)C(=O)OC. The molecule has 18 heavy (non-hydrogen) atoms. The van der Waals surface area contributed by atoms with Crippen LogP contribution in [0, 0.1) is 0 Å². The fraction of sp³-hybridized carbons (Fsp3) is 0.417. The highest BCUT2D eigenvalue weighted by molar-refractivity contribution is 5.84. The number of carbonyl (C=O) groups is 3. The molecule has 1 amide bonds. The molecular formula is C12H17NO5. The Hall–Kier alpha value is -2.11. The first kappa shape index (κ1) is 15.9. The molecule has 0 aromatic heterocycles. The highest BCUT2D eigenvalue weighted by Gasteiger charge is 2.31. The number of ether oxygens (including phenoxy) is 1. The maximum Gasteiger partial charge on any atom is 0.336 e. The van der Waals surface area contributed by atoms with E-state index in [1.54, 1.807) is 0 Å². The van der Waals surface area contributed by atoms with Crippen molar-refractivity contribution in [2.24, 2.45) is 0 Å². The predicted octanol–water partition coefficient (Wildman–Crippen LogP) is 0.987. The van der Waals surface area contributed by atoms with Crippen LogP contribution in [0.2, 0.25) is 0 Å². The maximum absolute atomic E-state index is 11.5. The molecule has 0 heterocycles. The van der Waals surface area contributed by atoms with E-state index in [1.807, 2.05) is 0 Å². The van der Waals surface area contributed by atoms with Crippen LogP contribution in [0.5, 0.6) is 0 Å². The van der Waals surface area contributed by atoms with Gasteiger partial charge in [-0.05, 0) is 6.42 Å². The van der Waals surface area contributed by atoms with E-state index in [0.29, 0.717) is 5.06 Å². The molecule has 0 aromatic rings. The molecule has 6 heteroatoms. The molecule has 0 saturated carbocycles. The molecule has 0 N–H and O–H groups in total. The van der Waals surface area contributed by atoms with Crippen LogP contribution < -0.4 is 0 Å². The van der Waals surface area contributed by atoms with Crippen LogP contribution in [0.15, 0.2) is 25.3 Å². The third-order valence-electron chi connectivity index (χ3n) is 1.97. The lowest BCUT2D eigenvalue weighted by Crippen LogP contribution is -2.45. The first-order valence-electron chi connectivity index (χ1n) is 5.28. The Morgan fingerprint density at radius 2 is 1.89 bits per heavy atom. The molecule has 0 radical (unpaired) electrons. The smallest absolute Gasteiger partial charge is 0.336 e. The molecular weight excluding hydrogens is 238 g/mol. The van der Waals surface area contributed by atoms with Gasteiger partial charge in [-0.25, -0.2) is 9.59 Å². The lowest BCUT2D eigenvalue weighted by atomic mass is 10.2. The fourth-order valence-corrected chi connectivity index (χ4v) is 1.19. The van der Waals surface area contributed by atoms with Gasteiger partial charge in [-0.15, -0.1) is 13.2 Å².